The van der Waals surface area contributed by atoms with E-state index in [0.29, 0.717) is 24.3 Å². The van der Waals surface area contributed by atoms with Crippen molar-refractivity contribution in [2.45, 2.75) is 84.3 Å². The average Bonchev–Trinajstić information content (AvgIpc) is 3.24. The fourth-order valence-corrected chi connectivity index (χ4v) is 10.5. The van der Waals surface area contributed by atoms with Crippen LogP contribution in [0.5, 0.6) is 5.75 Å². The van der Waals surface area contributed by atoms with Gasteiger partial charge >= 0.3 is 0 Å². The van der Waals surface area contributed by atoms with Gasteiger partial charge in [0.2, 0.25) is 0 Å². The summed E-state index contributed by atoms with van der Waals surface area (Å²) in [4.78, 5) is 22.7. The van der Waals surface area contributed by atoms with Gasteiger partial charge in [0.15, 0.2) is 6.23 Å². The summed E-state index contributed by atoms with van der Waals surface area (Å²) < 4.78 is 0. The van der Waals surface area contributed by atoms with E-state index in [1.807, 2.05) is 41.1 Å². The van der Waals surface area contributed by atoms with Gasteiger partial charge in [-0.3, -0.25) is 14.7 Å². The number of aromatic nitrogens is 1. The normalized spacial score (nSPS) is 20.2. The molecule has 3 aromatic carbocycles. The lowest BCUT2D eigenvalue weighted by Gasteiger charge is -2.45. The largest absolute Gasteiger partial charge is 0.507 e. The second-order valence-electron chi connectivity index (χ2n) is 17.2. The van der Waals surface area contributed by atoms with Crippen LogP contribution in [0.1, 0.15) is 120 Å². The van der Waals surface area contributed by atoms with Gasteiger partial charge < -0.3 is 25.7 Å². The van der Waals surface area contributed by atoms with Gasteiger partial charge in [0, 0.05) is 36.3 Å². The number of aliphatic hydroxyl groups excluding tert-OH is 1. The fourth-order valence-electron chi connectivity index (χ4n) is 10.5. The van der Waals surface area contributed by atoms with Gasteiger partial charge in [-0.25, -0.2) is 0 Å². The van der Waals surface area contributed by atoms with Gasteiger partial charge in [0.25, 0.3) is 5.91 Å². The molecule has 0 saturated carbocycles. The zero-order valence-corrected chi connectivity index (χ0v) is 34.2. The van der Waals surface area contributed by atoms with Crippen LogP contribution in [-0.4, -0.2) is 83.3 Å². The molecule has 8 nitrogen and oxygen atoms in total. The molecule has 4 aliphatic rings. The topological polar surface area (TPSA) is 101 Å². The van der Waals surface area contributed by atoms with Crippen LogP contribution in [0.3, 0.4) is 0 Å². The number of carbonyl (C=O) groups is 1. The first-order chi connectivity index (χ1) is 27.7. The lowest BCUT2D eigenvalue weighted by Crippen LogP contribution is -2.41. The maximum absolute atomic E-state index is 14.0. The maximum atomic E-state index is 14.0. The number of pyridine rings is 1. The molecule has 8 rings (SSSR count). The Hall–Kier alpha value is -4.34. The van der Waals surface area contributed by atoms with Crippen molar-refractivity contribution in [1.82, 2.24) is 25.4 Å². The third kappa shape index (κ3) is 8.07. The Kier molecular flexibility index (Phi) is 11.7. The predicted octanol–water partition coefficient (Wildman–Crippen LogP) is 7.63. The van der Waals surface area contributed by atoms with Crippen molar-refractivity contribution < 1.29 is 15.0 Å². The highest BCUT2D eigenvalue weighted by Crippen LogP contribution is 2.50. The van der Waals surface area contributed by atoms with E-state index in [-0.39, 0.29) is 28.4 Å². The van der Waals surface area contributed by atoms with Gasteiger partial charge in [-0.2, -0.15) is 0 Å². The number of rotatable bonds is 11. The van der Waals surface area contributed by atoms with E-state index < -0.39 is 6.23 Å². The van der Waals surface area contributed by atoms with Gasteiger partial charge in [-0.15, -0.1) is 0 Å². The smallest absolute Gasteiger partial charge is 0.253 e. The minimum Gasteiger partial charge on any atom is -0.507 e. The van der Waals surface area contributed by atoms with E-state index >= 15 is 0 Å². The second kappa shape index (κ2) is 16.9. The van der Waals surface area contributed by atoms with Crippen molar-refractivity contribution >= 4 is 11.5 Å². The number of hydrogen-bond acceptors (Lipinski definition) is 7. The molecule has 4 aromatic rings. The fraction of sp³-hybridized carbons (Fsp3) is 0.469. The Bertz CT molecular complexity index is 2080. The average molecular weight is 768 g/mol. The van der Waals surface area contributed by atoms with E-state index in [9.17, 15) is 15.0 Å². The van der Waals surface area contributed by atoms with Crippen LogP contribution in [0.15, 0.2) is 85.1 Å². The third-order valence-electron chi connectivity index (χ3n) is 13.9. The molecule has 2 aliphatic carbocycles. The number of aliphatic hydroxyl groups is 1. The van der Waals surface area contributed by atoms with E-state index in [4.69, 9.17) is 4.98 Å². The number of aromatic hydroxyl groups is 1. The van der Waals surface area contributed by atoms with Gasteiger partial charge in [-0.05, 0) is 172 Å². The molecule has 1 aromatic heterocycles. The summed E-state index contributed by atoms with van der Waals surface area (Å²) in [6, 6.07) is 25.3. The van der Waals surface area contributed by atoms with Crippen LogP contribution in [0.4, 0.5) is 0 Å². The SMILES string of the molecule is CCN(CCc1ccc2c(c1)CC1(CCNCC1)CC2c1ccc(C(O)N(CC)CC)nc1)C(=O)c1ccc(C2=CC3(CCNCC3)Cc3ccccc32)c(O)c1. The molecule has 0 radical (unpaired) electrons. The molecule has 0 bridgehead atoms. The van der Waals surface area contributed by atoms with Crippen LogP contribution in [0.25, 0.3) is 5.57 Å². The minimum absolute atomic E-state index is 0.0547. The van der Waals surface area contributed by atoms with Crippen LogP contribution >= 0.6 is 0 Å². The number of likely N-dealkylation sites (N-methyl/N-ethyl adjacent to an activating group) is 1. The Balaban J connectivity index is 1.000. The number of nitrogens with one attached hydrogen (secondary N) is 2. The molecule has 1 amide bonds. The summed E-state index contributed by atoms with van der Waals surface area (Å²) in [7, 11) is 0. The van der Waals surface area contributed by atoms with Crippen molar-refractivity contribution in [3.8, 4) is 5.75 Å². The molecule has 2 atom stereocenters. The molecule has 2 unspecified atom stereocenters. The van der Waals surface area contributed by atoms with E-state index in [1.54, 1.807) is 6.07 Å². The summed E-state index contributed by atoms with van der Waals surface area (Å²) in [5.74, 6) is 0.353. The highest BCUT2D eigenvalue weighted by Gasteiger charge is 2.41. The van der Waals surface area contributed by atoms with Crippen LogP contribution in [-0.2, 0) is 19.3 Å². The molecular weight excluding hydrogens is 707 g/mol. The Labute approximate surface area is 339 Å². The zero-order valence-electron chi connectivity index (χ0n) is 34.2. The van der Waals surface area contributed by atoms with Gasteiger partial charge in [0.1, 0.15) is 5.75 Å². The predicted molar refractivity (Wildman–Crippen MR) is 228 cm³/mol. The van der Waals surface area contributed by atoms with Crippen LogP contribution < -0.4 is 10.6 Å². The zero-order chi connectivity index (χ0) is 39.6. The minimum atomic E-state index is -0.699. The number of amides is 1. The number of carbonyl (C=O) groups excluding carboxylic acids is 1. The Morgan fingerprint density at radius 3 is 2.30 bits per heavy atom. The number of phenols is 1. The van der Waals surface area contributed by atoms with Crippen molar-refractivity contribution in [3.05, 3.63) is 135 Å². The lowest BCUT2D eigenvalue weighted by atomic mass is 9.61. The van der Waals surface area contributed by atoms with Crippen molar-refractivity contribution in [2.75, 3.05) is 52.4 Å². The Morgan fingerprint density at radius 1 is 0.842 bits per heavy atom. The summed E-state index contributed by atoms with van der Waals surface area (Å²) in [5, 5.41) is 29.6. The molecule has 2 aliphatic heterocycles. The number of nitrogens with zero attached hydrogens (tertiary/aromatic N) is 3. The highest BCUT2D eigenvalue weighted by molar-refractivity contribution is 5.96. The van der Waals surface area contributed by atoms with Gasteiger partial charge in [0.05, 0.1) is 5.69 Å². The number of phenolic OH excluding ortho intramolecular Hbond substituents is 1. The molecule has 2 spiro atoms. The summed E-state index contributed by atoms with van der Waals surface area (Å²) in [6.07, 6.45) is 12.1. The quantitative estimate of drug-likeness (QED) is 0.117. The molecule has 3 heterocycles. The number of fused-ring (bicyclic) bond motifs is 2. The van der Waals surface area contributed by atoms with Crippen LogP contribution in [0.2, 0.25) is 0 Å². The Morgan fingerprint density at radius 2 is 1.60 bits per heavy atom. The van der Waals surface area contributed by atoms with Gasteiger partial charge in [-0.1, -0.05) is 68.5 Å². The van der Waals surface area contributed by atoms with Crippen molar-refractivity contribution in [3.63, 3.8) is 0 Å². The molecule has 57 heavy (non-hydrogen) atoms. The van der Waals surface area contributed by atoms with E-state index in [1.165, 1.54) is 33.4 Å². The summed E-state index contributed by atoms with van der Waals surface area (Å²) in [6.45, 7) is 13.0. The first-order valence-electron chi connectivity index (χ1n) is 21.6. The number of benzene rings is 3. The molecule has 2 fully saturated rings. The molecule has 8 heteroatoms. The van der Waals surface area contributed by atoms with Crippen molar-refractivity contribution in [1.29, 1.82) is 0 Å². The standard InChI is InChI=1S/C49H61N5O3/c1-4-53(5-2)47(57)44-16-13-37(33-52-44)42-31-49(20-24-51-25-21-49)30-38-27-34(11-14-40(38)42)17-26-54(6-3)46(56)35-12-15-41(45(55)28-35)43-32-48(18-22-50-23-19-48)29-36-9-7-8-10-39(36)43/h7-16,27-28,32-33,42,47,50-51,55,57H,4-6,17-26,29-31H2,1-3H3. The van der Waals surface area contributed by atoms with Crippen molar-refractivity contribution in [2.24, 2.45) is 10.8 Å². The lowest BCUT2D eigenvalue weighted by molar-refractivity contribution is 0.00564. The van der Waals surface area contributed by atoms with E-state index in [2.05, 4.69) is 79.1 Å². The second-order valence-corrected chi connectivity index (χ2v) is 17.2. The number of hydrogen-bond donors (Lipinski definition) is 4. The molecular formula is C49H61N5O3. The molecule has 4 N–H and O–H groups in total. The third-order valence-corrected chi connectivity index (χ3v) is 13.9. The molecule has 2 saturated heterocycles. The maximum Gasteiger partial charge on any atom is 0.253 e. The first kappa shape index (κ1) is 39.5. The highest BCUT2D eigenvalue weighted by atomic mass is 16.3. The summed E-state index contributed by atoms with van der Waals surface area (Å²) in [5.41, 5.74) is 11.2. The van der Waals surface area contributed by atoms with E-state index in [0.717, 1.165) is 102 Å². The molecule has 300 valence electrons. The number of piperidine rings is 2. The van der Waals surface area contributed by atoms with Crippen LogP contribution in [0, 0.1) is 10.8 Å². The summed E-state index contributed by atoms with van der Waals surface area (Å²) >= 11 is 0. The first-order valence-corrected chi connectivity index (χ1v) is 21.6. The monoisotopic (exact) mass is 767 g/mol. The number of allylic oxidation sites excluding steroid dienone is 1.